The van der Waals surface area contributed by atoms with Gasteiger partial charge in [-0.3, -0.25) is 9.69 Å². The largest absolute Gasteiger partial charge is 0.481 e. The highest BCUT2D eigenvalue weighted by Crippen LogP contribution is 2.29. The molecule has 1 aromatic rings. The highest BCUT2D eigenvalue weighted by Gasteiger charge is 2.38. The van der Waals surface area contributed by atoms with Gasteiger partial charge in [0.2, 0.25) is 0 Å². The Bertz CT molecular complexity index is 511. The summed E-state index contributed by atoms with van der Waals surface area (Å²) in [4.78, 5) is 13.1. The van der Waals surface area contributed by atoms with Gasteiger partial charge in [-0.15, -0.1) is 0 Å². The van der Waals surface area contributed by atoms with Crippen LogP contribution in [0.25, 0.3) is 0 Å². The van der Waals surface area contributed by atoms with E-state index in [1.165, 1.54) is 6.07 Å². The van der Waals surface area contributed by atoms with Crippen molar-refractivity contribution in [3.05, 3.63) is 34.6 Å². The minimum absolute atomic E-state index is 0.0696. The maximum Gasteiger partial charge on any atom is 0.310 e. The number of nitrogens with zero attached hydrogens (tertiary/aromatic N) is 1. The number of rotatable bonds is 4. The van der Waals surface area contributed by atoms with Crippen molar-refractivity contribution >= 4 is 17.6 Å². The number of aliphatic carboxylic acids is 1. The fourth-order valence-electron chi connectivity index (χ4n) is 2.47. The number of hydrogen-bond acceptors (Lipinski definition) is 3. The molecular formula is C14H17ClFNO3. The van der Waals surface area contributed by atoms with Crippen molar-refractivity contribution < 1.29 is 19.0 Å². The van der Waals surface area contributed by atoms with Gasteiger partial charge in [0.15, 0.2) is 0 Å². The number of likely N-dealkylation sites (N-methyl/N-ethyl adjacent to an activating group) is 1. The lowest BCUT2D eigenvalue weighted by Gasteiger charge is -2.32. The molecule has 3 atom stereocenters. The lowest BCUT2D eigenvalue weighted by Crippen LogP contribution is -2.42. The fourth-order valence-corrected chi connectivity index (χ4v) is 2.66. The summed E-state index contributed by atoms with van der Waals surface area (Å²) in [5.74, 6) is -1.86. The number of halogens is 2. The Labute approximate surface area is 122 Å². The van der Waals surface area contributed by atoms with Crippen LogP contribution in [-0.2, 0) is 9.53 Å². The molecule has 110 valence electrons. The van der Waals surface area contributed by atoms with Gasteiger partial charge in [-0.1, -0.05) is 17.7 Å². The topological polar surface area (TPSA) is 49.8 Å². The molecule has 1 heterocycles. The highest BCUT2D eigenvalue weighted by molar-refractivity contribution is 6.30. The molecule has 0 radical (unpaired) electrons. The van der Waals surface area contributed by atoms with Gasteiger partial charge < -0.3 is 9.84 Å². The number of hydrogen-bond donors (Lipinski definition) is 1. The van der Waals surface area contributed by atoms with Crippen LogP contribution in [0.5, 0.6) is 0 Å². The Morgan fingerprint density at radius 1 is 1.55 bits per heavy atom. The summed E-state index contributed by atoms with van der Waals surface area (Å²) >= 11 is 5.79. The summed E-state index contributed by atoms with van der Waals surface area (Å²) in [6.45, 7) is 2.54. The van der Waals surface area contributed by atoms with Crippen LogP contribution in [-0.4, -0.2) is 42.3 Å². The summed E-state index contributed by atoms with van der Waals surface area (Å²) in [6, 6.07) is 4.27. The van der Waals surface area contributed by atoms with Crippen LogP contribution < -0.4 is 0 Å². The van der Waals surface area contributed by atoms with E-state index in [9.17, 15) is 14.3 Å². The zero-order valence-electron chi connectivity index (χ0n) is 11.3. The van der Waals surface area contributed by atoms with E-state index in [1.54, 1.807) is 12.1 Å². The zero-order valence-corrected chi connectivity index (χ0v) is 12.1. The first-order chi connectivity index (χ1) is 9.41. The molecule has 1 N–H and O–H groups in total. The van der Waals surface area contributed by atoms with Crippen molar-refractivity contribution in [3.63, 3.8) is 0 Å². The predicted octanol–water partition coefficient (Wildman–Crippen LogP) is 2.57. The van der Waals surface area contributed by atoms with E-state index < -0.39 is 17.7 Å². The molecule has 1 aliphatic rings. The van der Waals surface area contributed by atoms with E-state index in [-0.39, 0.29) is 23.7 Å². The average molecular weight is 302 g/mol. The minimum Gasteiger partial charge on any atom is -0.481 e. The third-order valence-electron chi connectivity index (χ3n) is 3.93. The van der Waals surface area contributed by atoms with E-state index in [2.05, 4.69) is 0 Å². The van der Waals surface area contributed by atoms with Crippen LogP contribution in [0.1, 0.15) is 18.5 Å². The van der Waals surface area contributed by atoms with Crippen LogP contribution in [0.4, 0.5) is 4.39 Å². The summed E-state index contributed by atoms with van der Waals surface area (Å²) in [6.07, 6.45) is 0. The van der Waals surface area contributed by atoms with Gasteiger partial charge in [0.25, 0.3) is 0 Å². The number of carbonyl (C=O) groups is 1. The van der Waals surface area contributed by atoms with E-state index in [0.29, 0.717) is 6.61 Å². The van der Waals surface area contributed by atoms with E-state index in [1.807, 2.05) is 18.9 Å². The molecule has 20 heavy (non-hydrogen) atoms. The molecule has 0 aromatic heterocycles. The van der Waals surface area contributed by atoms with Gasteiger partial charge in [0, 0.05) is 12.1 Å². The van der Waals surface area contributed by atoms with E-state index in [4.69, 9.17) is 16.3 Å². The molecule has 1 aliphatic heterocycles. The molecule has 0 saturated carbocycles. The predicted molar refractivity (Wildman–Crippen MR) is 73.3 cm³/mol. The van der Waals surface area contributed by atoms with Crippen LogP contribution in [0, 0.1) is 11.7 Å². The quantitative estimate of drug-likeness (QED) is 0.928. The average Bonchev–Trinajstić information content (AvgIpc) is 2.89. The fraction of sp³-hybridized carbons (Fsp3) is 0.500. The van der Waals surface area contributed by atoms with Gasteiger partial charge in [-0.05, 0) is 31.7 Å². The number of benzene rings is 1. The lowest BCUT2D eigenvalue weighted by molar-refractivity contribution is -0.143. The van der Waals surface area contributed by atoms with Gasteiger partial charge in [-0.2, -0.15) is 0 Å². The summed E-state index contributed by atoms with van der Waals surface area (Å²) in [5.41, 5.74) is 0.843. The second kappa shape index (κ2) is 6.08. The van der Waals surface area contributed by atoms with Crippen LogP contribution in [0.3, 0.4) is 0 Å². The first-order valence-corrected chi connectivity index (χ1v) is 6.77. The van der Waals surface area contributed by atoms with Gasteiger partial charge in [0.05, 0.1) is 24.2 Å². The normalized spacial score (nSPS) is 24.1. The van der Waals surface area contributed by atoms with Gasteiger partial charge in [0.1, 0.15) is 5.82 Å². The zero-order chi connectivity index (χ0) is 14.9. The maximum absolute atomic E-state index is 13.2. The molecular weight excluding hydrogens is 285 g/mol. The number of ether oxygens (including phenoxy) is 1. The molecule has 3 unspecified atom stereocenters. The molecule has 2 rings (SSSR count). The van der Waals surface area contributed by atoms with Crippen molar-refractivity contribution in [2.75, 3.05) is 20.3 Å². The highest BCUT2D eigenvalue weighted by atomic mass is 35.5. The second-order valence-electron chi connectivity index (χ2n) is 5.06. The number of carboxylic acid groups (broad SMARTS) is 1. The first kappa shape index (κ1) is 15.2. The van der Waals surface area contributed by atoms with Crippen molar-refractivity contribution in [3.8, 4) is 0 Å². The third kappa shape index (κ3) is 2.95. The van der Waals surface area contributed by atoms with Crippen molar-refractivity contribution in [1.29, 1.82) is 0 Å². The summed E-state index contributed by atoms with van der Waals surface area (Å²) in [7, 11) is 1.84. The maximum atomic E-state index is 13.2. The molecule has 1 saturated heterocycles. The van der Waals surface area contributed by atoms with Crippen LogP contribution >= 0.6 is 11.6 Å². The standard InChI is InChI=1S/C14H17ClFNO3/c1-8(9-3-4-12(16)11(15)5-9)17(2)13-7-20-6-10(13)14(18)19/h3-5,8,10,13H,6-7H2,1-2H3,(H,18,19). The third-order valence-corrected chi connectivity index (χ3v) is 4.22. The van der Waals surface area contributed by atoms with Gasteiger partial charge >= 0.3 is 5.97 Å². The van der Waals surface area contributed by atoms with Crippen molar-refractivity contribution in [1.82, 2.24) is 4.90 Å². The Morgan fingerprint density at radius 2 is 2.25 bits per heavy atom. The Kier molecular flexibility index (Phi) is 4.62. The lowest BCUT2D eigenvalue weighted by atomic mass is 9.99. The molecule has 0 aliphatic carbocycles. The van der Waals surface area contributed by atoms with Gasteiger partial charge in [-0.25, -0.2) is 4.39 Å². The second-order valence-corrected chi connectivity index (χ2v) is 5.47. The van der Waals surface area contributed by atoms with Crippen LogP contribution in [0.2, 0.25) is 5.02 Å². The Hall–Kier alpha value is -1.17. The van der Waals surface area contributed by atoms with Crippen LogP contribution in [0.15, 0.2) is 18.2 Å². The monoisotopic (exact) mass is 301 g/mol. The summed E-state index contributed by atoms with van der Waals surface area (Å²) < 4.78 is 18.5. The minimum atomic E-state index is -0.858. The molecule has 6 heteroatoms. The Morgan fingerprint density at radius 3 is 2.85 bits per heavy atom. The SMILES string of the molecule is CC(c1ccc(F)c(Cl)c1)N(C)C1COCC1C(=O)O. The molecule has 4 nitrogen and oxygen atoms in total. The molecule has 0 spiro atoms. The molecule has 1 fully saturated rings. The molecule has 1 aromatic carbocycles. The van der Waals surface area contributed by atoms with E-state index >= 15 is 0 Å². The Balaban J connectivity index is 2.17. The molecule has 0 amide bonds. The summed E-state index contributed by atoms with van der Waals surface area (Å²) in [5, 5.41) is 9.26. The molecule has 0 bridgehead atoms. The van der Waals surface area contributed by atoms with Crippen molar-refractivity contribution in [2.45, 2.75) is 19.0 Å². The van der Waals surface area contributed by atoms with E-state index in [0.717, 1.165) is 5.56 Å². The first-order valence-electron chi connectivity index (χ1n) is 6.39. The van der Waals surface area contributed by atoms with Crippen molar-refractivity contribution in [2.24, 2.45) is 5.92 Å². The number of carboxylic acids is 1. The smallest absolute Gasteiger partial charge is 0.310 e.